The first-order chi connectivity index (χ1) is 6.02. The van der Waals surface area contributed by atoms with E-state index in [0.29, 0.717) is 5.92 Å². The monoisotopic (exact) mass is 200 g/mol. The van der Waals surface area contributed by atoms with Crippen molar-refractivity contribution < 1.29 is 4.39 Å². The molecule has 0 aliphatic heterocycles. The lowest BCUT2D eigenvalue weighted by atomic mass is 9.98. The Kier molecular flexibility index (Phi) is 3.32. The van der Waals surface area contributed by atoms with E-state index in [9.17, 15) is 4.39 Å². The Bertz CT molecular complexity index is 305. The van der Waals surface area contributed by atoms with Gasteiger partial charge in [0, 0.05) is 0 Å². The summed E-state index contributed by atoms with van der Waals surface area (Å²) in [5.74, 6) is 0.196. The molecule has 0 saturated heterocycles. The van der Waals surface area contributed by atoms with Gasteiger partial charge in [0.2, 0.25) is 0 Å². The Morgan fingerprint density at radius 1 is 1.38 bits per heavy atom. The van der Waals surface area contributed by atoms with Crippen molar-refractivity contribution in [3.05, 3.63) is 34.1 Å². The fourth-order valence-corrected chi connectivity index (χ4v) is 1.53. The highest BCUT2D eigenvalue weighted by molar-refractivity contribution is 6.30. The van der Waals surface area contributed by atoms with Crippen LogP contribution in [-0.4, -0.2) is 0 Å². The zero-order valence-corrected chi connectivity index (χ0v) is 8.95. The highest BCUT2D eigenvalue weighted by Gasteiger charge is 2.10. The van der Waals surface area contributed by atoms with Crippen molar-refractivity contribution in [3.8, 4) is 0 Å². The predicted octanol–water partition coefficient (Wildman–Crippen LogP) is 3.99. The molecule has 0 unspecified atom stereocenters. The number of halogens is 2. The summed E-state index contributed by atoms with van der Waals surface area (Å²) in [7, 11) is 0. The summed E-state index contributed by atoms with van der Waals surface area (Å²) >= 11 is 5.69. The first-order valence-corrected chi connectivity index (χ1v) is 4.83. The third-order valence-corrected chi connectivity index (χ3v) is 2.33. The second-order valence-electron chi connectivity index (χ2n) is 3.75. The van der Waals surface area contributed by atoms with Gasteiger partial charge in [-0.2, -0.15) is 0 Å². The highest BCUT2D eigenvalue weighted by Crippen LogP contribution is 2.23. The zero-order valence-electron chi connectivity index (χ0n) is 8.20. The third kappa shape index (κ3) is 2.44. The largest absolute Gasteiger partial charge is 0.205 e. The van der Waals surface area contributed by atoms with Gasteiger partial charge in [0.15, 0.2) is 0 Å². The maximum Gasteiger partial charge on any atom is 0.145 e. The minimum Gasteiger partial charge on any atom is -0.205 e. The third-order valence-electron chi connectivity index (χ3n) is 2.04. The van der Waals surface area contributed by atoms with Crippen LogP contribution in [0.1, 0.15) is 25.0 Å². The van der Waals surface area contributed by atoms with E-state index in [1.54, 1.807) is 6.07 Å². The van der Waals surface area contributed by atoms with Crippen LogP contribution in [0.3, 0.4) is 0 Å². The molecule has 0 N–H and O–H groups in total. The van der Waals surface area contributed by atoms with E-state index in [-0.39, 0.29) is 10.8 Å². The molecule has 0 aliphatic carbocycles. The van der Waals surface area contributed by atoms with Crippen LogP contribution in [0.2, 0.25) is 5.02 Å². The molecule has 13 heavy (non-hydrogen) atoms. The Hall–Kier alpha value is -0.560. The quantitative estimate of drug-likeness (QED) is 0.678. The van der Waals surface area contributed by atoms with Crippen LogP contribution in [0.4, 0.5) is 4.39 Å². The molecule has 1 aromatic carbocycles. The number of aryl methyl sites for hydroxylation is 1. The van der Waals surface area contributed by atoms with E-state index in [1.165, 1.54) is 0 Å². The van der Waals surface area contributed by atoms with Gasteiger partial charge in [0.1, 0.15) is 5.82 Å². The summed E-state index contributed by atoms with van der Waals surface area (Å²) in [5, 5.41) is 0.223. The number of hydrogen-bond acceptors (Lipinski definition) is 0. The average Bonchev–Trinajstić information content (AvgIpc) is 2.05. The van der Waals surface area contributed by atoms with E-state index in [2.05, 4.69) is 13.8 Å². The Labute approximate surface area is 83.7 Å². The van der Waals surface area contributed by atoms with Crippen molar-refractivity contribution in [2.75, 3.05) is 0 Å². The van der Waals surface area contributed by atoms with Gasteiger partial charge in [-0.1, -0.05) is 31.5 Å². The molecular weight excluding hydrogens is 187 g/mol. The highest BCUT2D eigenvalue weighted by atomic mass is 35.5. The summed E-state index contributed by atoms with van der Waals surface area (Å²) in [5.41, 5.74) is 1.73. The SMILES string of the molecule is Cc1ccc(Cl)c(F)c1CC(C)C. The summed E-state index contributed by atoms with van der Waals surface area (Å²) in [6.07, 6.45) is 0.748. The van der Waals surface area contributed by atoms with Gasteiger partial charge in [-0.25, -0.2) is 4.39 Å². The molecular formula is C11H14ClF. The maximum absolute atomic E-state index is 13.5. The van der Waals surface area contributed by atoms with Gasteiger partial charge in [-0.3, -0.25) is 0 Å². The fourth-order valence-electron chi connectivity index (χ4n) is 1.35. The maximum atomic E-state index is 13.5. The van der Waals surface area contributed by atoms with Crippen LogP contribution in [-0.2, 0) is 6.42 Å². The number of hydrogen-bond donors (Lipinski definition) is 0. The second kappa shape index (κ2) is 4.10. The van der Waals surface area contributed by atoms with E-state index in [4.69, 9.17) is 11.6 Å². The summed E-state index contributed by atoms with van der Waals surface area (Å²) in [6, 6.07) is 3.47. The molecule has 72 valence electrons. The Balaban J connectivity index is 3.10. The van der Waals surface area contributed by atoms with Crippen LogP contribution in [0.15, 0.2) is 12.1 Å². The van der Waals surface area contributed by atoms with Crippen LogP contribution in [0.25, 0.3) is 0 Å². The molecule has 0 atom stereocenters. The molecule has 1 rings (SSSR count). The summed E-state index contributed by atoms with van der Waals surface area (Å²) in [4.78, 5) is 0. The molecule has 0 fully saturated rings. The number of benzene rings is 1. The van der Waals surface area contributed by atoms with Gasteiger partial charge in [0.25, 0.3) is 0 Å². The Morgan fingerprint density at radius 3 is 2.54 bits per heavy atom. The minimum atomic E-state index is -0.254. The molecule has 0 radical (unpaired) electrons. The topological polar surface area (TPSA) is 0 Å². The van der Waals surface area contributed by atoms with Crippen LogP contribution in [0, 0.1) is 18.7 Å². The first-order valence-electron chi connectivity index (χ1n) is 4.46. The minimum absolute atomic E-state index is 0.223. The van der Waals surface area contributed by atoms with Crippen molar-refractivity contribution in [1.82, 2.24) is 0 Å². The Morgan fingerprint density at radius 2 is 2.00 bits per heavy atom. The molecule has 0 aromatic heterocycles. The van der Waals surface area contributed by atoms with Gasteiger partial charge < -0.3 is 0 Å². The van der Waals surface area contributed by atoms with Crippen molar-refractivity contribution in [2.24, 2.45) is 5.92 Å². The smallest absolute Gasteiger partial charge is 0.145 e. The zero-order chi connectivity index (χ0) is 10.0. The van der Waals surface area contributed by atoms with Gasteiger partial charge in [0.05, 0.1) is 5.02 Å². The van der Waals surface area contributed by atoms with Crippen LogP contribution >= 0.6 is 11.6 Å². The van der Waals surface area contributed by atoms with E-state index in [0.717, 1.165) is 17.5 Å². The van der Waals surface area contributed by atoms with Crippen molar-refractivity contribution in [1.29, 1.82) is 0 Å². The van der Waals surface area contributed by atoms with Gasteiger partial charge in [-0.15, -0.1) is 0 Å². The predicted molar refractivity (Wildman–Crippen MR) is 54.7 cm³/mol. The standard InChI is InChI=1S/C11H14ClF/c1-7(2)6-9-8(3)4-5-10(12)11(9)13/h4-5,7H,6H2,1-3H3. The molecule has 0 saturated carbocycles. The van der Waals surface area contributed by atoms with Gasteiger partial charge in [-0.05, 0) is 36.5 Å². The lowest BCUT2D eigenvalue weighted by molar-refractivity contribution is 0.572. The molecule has 0 spiro atoms. The first kappa shape index (κ1) is 10.5. The van der Waals surface area contributed by atoms with E-state index in [1.807, 2.05) is 13.0 Å². The molecule has 0 bridgehead atoms. The number of rotatable bonds is 2. The van der Waals surface area contributed by atoms with Crippen LogP contribution < -0.4 is 0 Å². The lowest BCUT2D eigenvalue weighted by Gasteiger charge is -2.10. The fraction of sp³-hybridized carbons (Fsp3) is 0.455. The van der Waals surface area contributed by atoms with E-state index < -0.39 is 0 Å². The van der Waals surface area contributed by atoms with Crippen LogP contribution in [0.5, 0.6) is 0 Å². The normalized spacial score (nSPS) is 10.9. The van der Waals surface area contributed by atoms with Crippen molar-refractivity contribution in [3.63, 3.8) is 0 Å². The van der Waals surface area contributed by atoms with Gasteiger partial charge >= 0.3 is 0 Å². The molecule has 0 amide bonds. The van der Waals surface area contributed by atoms with Crippen molar-refractivity contribution in [2.45, 2.75) is 27.2 Å². The average molecular weight is 201 g/mol. The van der Waals surface area contributed by atoms with Crippen molar-refractivity contribution >= 4 is 11.6 Å². The van der Waals surface area contributed by atoms with E-state index >= 15 is 0 Å². The molecule has 0 nitrogen and oxygen atoms in total. The summed E-state index contributed by atoms with van der Waals surface area (Å²) in [6.45, 7) is 6.05. The molecule has 0 aliphatic rings. The summed E-state index contributed by atoms with van der Waals surface area (Å²) < 4.78 is 13.5. The molecule has 1 aromatic rings. The second-order valence-corrected chi connectivity index (χ2v) is 4.16. The lowest BCUT2D eigenvalue weighted by Crippen LogP contribution is -2.00. The molecule has 0 heterocycles. The molecule has 2 heteroatoms.